The third-order valence-corrected chi connectivity index (χ3v) is 4.72. The first kappa shape index (κ1) is 15.6. The minimum absolute atomic E-state index is 0.198. The molecule has 0 unspecified atom stereocenters. The third-order valence-electron chi connectivity index (χ3n) is 4.01. The van der Waals surface area contributed by atoms with Crippen molar-refractivity contribution in [2.75, 3.05) is 31.1 Å². The maximum atomic E-state index is 13.0. The van der Waals surface area contributed by atoms with Crippen molar-refractivity contribution in [3.05, 3.63) is 63.9 Å². The molecule has 1 aliphatic rings. The fourth-order valence-corrected chi connectivity index (χ4v) is 3.24. The van der Waals surface area contributed by atoms with Crippen LogP contribution in [0.5, 0.6) is 0 Å². The summed E-state index contributed by atoms with van der Waals surface area (Å²) >= 11 is 12.5. The van der Waals surface area contributed by atoms with E-state index in [9.17, 15) is 4.39 Å². The van der Waals surface area contributed by atoms with Gasteiger partial charge in [-0.2, -0.15) is 0 Å². The quantitative estimate of drug-likeness (QED) is 0.815. The monoisotopic (exact) mass is 338 g/mol. The number of anilines is 1. The van der Waals surface area contributed by atoms with Crippen LogP contribution >= 0.6 is 23.2 Å². The Morgan fingerprint density at radius 2 is 1.45 bits per heavy atom. The predicted octanol–water partition coefficient (Wildman–Crippen LogP) is 4.45. The predicted molar refractivity (Wildman–Crippen MR) is 90.4 cm³/mol. The zero-order chi connectivity index (χ0) is 15.5. The normalized spacial score (nSPS) is 16.0. The third kappa shape index (κ3) is 3.54. The van der Waals surface area contributed by atoms with Crippen molar-refractivity contribution >= 4 is 28.9 Å². The van der Waals surface area contributed by atoms with E-state index < -0.39 is 0 Å². The number of hydrogen-bond acceptors (Lipinski definition) is 2. The Morgan fingerprint density at radius 3 is 2.05 bits per heavy atom. The maximum Gasteiger partial charge on any atom is 0.123 e. The topological polar surface area (TPSA) is 6.48 Å². The van der Waals surface area contributed by atoms with Crippen LogP contribution in [-0.4, -0.2) is 31.1 Å². The standard InChI is InChI=1S/C17H17Cl2FN2/c18-16-2-1-3-17(19)15(16)12-21-8-10-22(11-9-21)14-6-4-13(20)5-7-14/h1-7H,8-12H2. The van der Waals surface area contributed by atoms with Gasteiger partial charge in [0.1, 0.15) is 5.82 Å². The van der Waals surface area contributed by atoms with E-state index in [0.717, 1.165) is 44.0 Å². The van der Waals surface area contributed by atoms with Crippen LogP contribution in [0.4, 0.5) is 10.1 Å². The molecule has 2 aromatic rings. The Labute approximate surface area is 140 Å². The average Bonchev–Trinajstić information content (AvgIpc) is 2.53. The maximum absolute atomic E-state index is 13.0. The van der Waals surface area contributed by atoms with Gasteiger partial charge in [0.15, 0.2) is 0 Å². The molecule has 1 aliphatic heterocycles. The highest BCUT2D eigenvalue weighted by Gasteiger charge is 2.19. The molecule has 0 aromatic heterocycles. The van der Waals surface area contributed by atoms with Crippen LogP contribution in [-0.2, 0) is 6.54 Å². The number of hydrogen-bond donors (Lipinski definition) is 0. The van der Waals surface area contributed by atoms with Crippen LogP contribution in [0.25, 0.3) is 0 Å². The smallest absolute Gasteiger partial charge is 0.123 e. The molecule has 2 nitrogen and oxygen atoms in total. The van der Waals surface area contributed by atoms with Gasteiger partial charge >= 0.3 is 0 Å². The lowest BCUT2D eigenvalue weighted by Gasteiger charge is -2.36. The Kier molecular flexibility index (Phi) is 4.87. The van der Waals surface area contributed by atoms with Gasteiger partial charge in [-0.25, -0.2) is 4.39 Å². The molecule has 116 valence electrons. The molecule has 2 aromatic carbocycles. The van der Waals surface area contributed by atoms with Crippen LogP contribution in [0.15, 0.2) is 42.5 Å². The molecular weight excluding hydrogens is 322 g/mol. The molecule has 0 spiro atoms. The summed E-state index contributed by atoms with van der Waals surface area (Å²) in [6.45, 7) is 4.44. The van der Waals surface area contributed by atoms with Gasteiger partial charge in [-0.3, -0.25) is 4.90 Å². The summed E-state index contributed by atoms with van der Waals surface area (Å²) in [5.74, 6) is -0.198. The van der Waals surface area contributed by atoms with Crippen molar-refractivity contribution in [2.45, 2.75) is 6.54 Å². The van der Waals surface area contributed by atoms with E-state index >= 15 is 0 Å². The lowest BCUT2D eigenvalue weighted by Crippen LogP contribution is -2.46. The summed E-state index contributed by atoms with van der Waals surface area (Å²) in [5.41, 5.74) is 2.05. The molecular formula is C17H17Cl2FN2. The first-order valence-corrected chi connectivity index (χ1v) is 8.05. The Bertz CT molecular complexity index is 617. The van der Waals surface area contributed by atoms with E-state index in [4.69, 9.17) is 23.2 Å². The van der Waals surface area contributed by atoms with Gasteiger partial charge in [-0.15, -0.1) is 0 Å². The highest BCUT2D eigenvalue weighted by atomic mass is 35.5. The van der Waals surface area contributed by atoms with Crippen molar-refractivity contribution in [2.24, 2.45) is 0 Å². The van der Waals surface area contributed by atoms with Gasteiger partial charge < -0.3 is 4.90 Å². The molecule has 0 N–H and O–H groups in total. The highest BCUT2D eigenvalue weighted by Crippen LogP contribution is 2.26. The van der Waals surface area contributed by atoms with E-state index in [0.29, 0.717) is 10.0 Å². The summed E-state index contributed by atoms with van der Waals surface area (Å²) in [4.78, 5) is 4.61. The largest absolute Gasteiger partial charge is 0.369 e. The fourth-order valence-electron chi connectivity index (χ4n) is 2.72. The summed E-state index contributed by atoms with van der Waals surface area (Å²) in [5, 5.41) is 1.43. The van der Waals surface area contributed by atoms with Crippen molar-refractivity contribution in [1.29, 1.82) is 0 Å². The molecule has 0 radical (unpaired) electrons. The molecule has 0 atom stereocenters. The number of benzene rings is 2. The van der Waals surface area contributed by atoms with Crippen molar-refractivity contribution < 1.29 is 4.39 Å². The summed E-state index contributed by atoms with van der Waals surface area (Å²) in [7, 11) is 0. The molecule has 1 heterocycles. The molecule has 3 rings (SSSR count). The molecule has 1 fully saturated rings. The van der Waals surface area contributed by atoms with Gasteiger partial charge in [0.25, 0.3) is 0 Å². The van der Waals surface area contributed by atoms with Crippen molar-refractivity contribution in [3.8, 4) is 0 Å². The molecule has 5 heteroatoms. The number of piperazine rings is 1. The van der Waals surface area contributed by atoms with E-state index in [2.05, 4.69) is 9.80 Å². The number of nitrogens with zero attached hydrogens (tertiary/aromatic N) is 2. The molecule has 0 saturated carbocycles. The summed E-state index contributed by atoms with van der Waals surface area (Å²) in [6.07, 6.45) is 0. The first-order chi connectivity index (χ1) is 10.6. The second kappa shape index (κ2) is 6.86. The highest BCUT2D eigenvalue weighted by molar-refractivity contribution is 6.35. The first-order valence-electron chi connectivity index (χ1n) is 7.29. The number of rotatable bonds is 3. The van der Waals surface area contributed by atoms with Gasteiger partial charge in [0, 0.05) is 54.0 Å². The van der Waals surface area contributed by atoms with Crippen LogP contribution in [0.3, 0.4) is 0 Å². The Hall–Kier alpha value is -1.29. The molecule has 0 bridgehead atoms. The minimum atomic E-state index is -0.198. The van der Waals surface area contributed by atoms with E-state index in [-0.39, 0.29) is 5.82 Å². The van der Waals surface area contributed by atoms with Crippen LogP contribution < -0.4 is 4.90 Å². The van der Waals surface area contributed by atoms with Crippen LogP contribution in [0.1, 0.15) is 5.56 Å². The Morgan fingerprint density at radius 1 is 0.864 bits per heavy atom. The summed E-state index contributed by atoms with van der Waals surface area (Å²) < 4.78 is 13.0. The second-order valence-electron chi connectivity index (χ2n) is 5.44. The molecule has 0 aliphatic carbocycles. The Balaban J connectivity index is 1.61. The van der Waals surface area contributed by atoms with Gasteiger partial charge in [-0.1, -0.05) is 29.3 Å². The summed E-state index contributed by atoms with van der Waals surface area (Å²) in [6, 6.07) is 12.3. The van der Waals surface area contributed by atoms with Gasteiger partial charge in [-0.05, 0) is 36.4 Å². The van der Waals surface area contributed by atoms with E-state index in [1.807, 2.05) is 30.3 Å². The molecule has 1 saturated heterocycles. The zero-order valence-corrected chi connectivity index (χ0v) is 13.6. The lowest BCUT2D eigenvalue weighted by molar-refractivity contribution is 0.250. The molecule has 22 heavy (non-hydrogen) atoms. The fraction of sp³-hybridized carbons (Fsp3) is 0.294. The second-order valence-corrected chi connectivity index (χ2v) is 6.25. The molecule has 0 amide bonds. The van der Waals surface area contributed by atoms with Crippen LogP contribution in [0.2, 0.25) is 10.0 Å². The minimum Gasteiger partial charge on any atom is -0.369 e. The zero-order valence-electron chi connectivity index (χ0n) is 12.1. The number of halogens is 3. The van der Waals surface area contributed by atoms with Gasteiger partial charge in [0.05, 0.1) is 0 Å². The average molecular weight is 339 g/mol. The van der Waals surface area contributed by atoms with Crippen LogP contribution in [0, 0.1) is 5.82 Å². The van der Waals surface area contributed by atoms with E-state index in [1.165, 1.54) is 12.1 Å². The van der Waals surface area contributed by atoms with Crippen molar-refractivity contribution in [3.63, 3.8) is 0 Å². The van der Waals surface area contributed by atoms with E-state index in [1.54, 1.807) is 0 Å². The van der Waals surface area contributed by atoms with Crippen molar-refractivity contribution in [1.82, 2.24) is 4.90 Å². The SMILES string of the molecule is Fc1ccc(N2CCN(Cc3c(Cl)cccc3Cl)CC2)cc1. The lowest BCUT2D eigenvalue weighted by atomic mass is 10.2. The van der Waals surface area contributed by atoms with Gasteiger partial charge in [0.2, 0.25) is 0 Å².